The normalized spacial score (nSPS) is 18.9. The van der Waals surface area contributed by atoms with Crippen LogP contribution in [0.3, 0.4) is 0 Å². The van der Waals surface area contributed by atoms with Gasteiger partial charge in [0.25, 0.3) is 5.91 Å². The minimum absolute atomic E-state index is 0.0212. The van der Waals surface area contributed by atoms with Gasteiger partial charge in [0, 0.05) is 80.3 Å². The number of thiazole rings is 1. The van der Waals surface area contributed by atoms with E-state index in [2.05, 4.69) is 31.2 Å². The Balaban J connectivity index is 1.48. The number of thioether (sulfide) groups is 2. The number of nitrogens with one attached hydrogen (secondary N) is 4. The van der Waals surface area contributed by atoms with E-state index in [4.69, 9.17) is 9.47 Å². The third-order valence-corrected chi connectivity index (χ3v) is 16.6. The number of amides is 5. The molecule has 2 aromatic rings. The van der Waals surface area contributed by atoms with Crippen LogP contribution in [0.15, 0.2) is 46.5 Å². The molecule has 0 spiro atoms. The number of nitrogens with zero attached hydrogens (tertiary/aromatic N) is 3. The highest BCUT2D eigenvalue weighted by atomic mass is 32.2. The Morgan fingerprint density at radius 3 is 2.20 bits per heavy atom. The Morgan fingerprint density at radius 2 is 1.59 bits per heavy atom. The maximum absolute atomic E-state index is 14.5. The molecule has 7 atom stereocenters. The van der Waals surface area contributed by atoms with Gasteiger partial charge in [0.15, 0.2) is 23.8 Å². The molecule has 2 aliphatic rings. The Hall–Kier alpha value is -5.58. The van der Waals surface area contributed by atoms with Crippen molar-refractivity contribution >= 4 is 93.6 Å². The molecule has 1 aromatic heterocycles. The number of benzene rings is 1. The number of aromatic hydroxyl groups is 1. The number of likely N-dealkylation sites (tertiary alicyclic amines) is 1. The van der Waals surface area contributed by atoms with Crippen LogP contribution in [0.4, 0.5) is 5.69 Å². The van der Waals surface area contributed by atoms with Crippen molar-refractivity contribution in [2.75, 3.05) is 31.0 Å². The van der Waals surface area contributed by atoms with Gasteiger partial charge in [-0.25, -0.2) is 4.98 Å². The second-order valence-electron chi connectivity index (χ2n) is 21.9. The standard InChI is InChI=1S/C57H83N7O12S3/c1-12-35(4)40(30-47(68)43-17-15-16-24-63(43)10)55(73)64(11)44(34(2)3)31-48(75-37(6)65)54-60-42(32-79-54)53(72)58-39(27-36(5)56(74)76-57(7,8)9)28-38-20-21-45(66)41(29-38)59-49(69)19-14-13-18-46(67)52-61-50(70)22-25-77-33-78-26-23-51(71)62-52/h20-23,25-26,29,32,34-36,39-40,43-44,48,52,66H,12-19,24,27-28,30-31,33H2,1-11H3,(H,58,72)(H,59,69)(H,61,70)(H,62,71)/b25-22+,26-23+/t35-,36?,39+,40-,43+,44+,48+/m0/s1. The molecule has 1 fully saturated rings. The summed E-state index contributed by atoms with van der Waals surface area (Å²) in [5, 5.41) is 27.3. The summed E-state index contributed by atoms with van der Waals surface area (Å²) >= 11 is 3.86. The van der Waals surface area contributed by atoms with Crippen molar-refractivity contribution in [3.05, 3.63) is 62.8 Å². The lowest BCUT2D eigenvalue weighted by Gasteiger charge is -2.37. The summed E-state index contributed by atoms with van der Waals surface area (Å²) in [6.45, 7) is 17.1. The van der Waals surface area contributed by atoms with Gasteiger partial charge < -0.3 is 40.7 Å². The van der Waals surface area contributed by atoms with E-state index in [0.717, 1.165) is 37.1 Å². The number of carbonyl (C=O) groups excluding carboxylic acids is 9. The highest BCUT2D eigenvalue weighted by Crippen LogP contribution is 2.34. The zero-order valence-corrected chi connectivity index (χ0v) is 50.2. The molecule has 22 heteroatoms. The van der Waals surface area contributed by atoms with E-state index in [1.54, 1.807) is 68.0 Å². The molecule has 5 amide bonds. The third-order valence-electron chi connectivity index (χ3n) is 14.0. The van der Waals surface area contributed by atoms with Crippen molar-refractivity contribution in [1.82, 2.24) is 30.7 Å². The molecule has 436 valence electrons. The number of hydrogen-bond acceptors (Lipinski definition) is 17. The number of esters is 2. The zero-order chi connectivity index (χ0) is 58.6. The van der Waals surface area contributed by atoms with Gasteiger partial charge in [-0.2, -0.15) is 0 Å². The maximum Gasteiger partial charge on any atom is 0.309 e. The topological polar surface area (TPSA) is 260 Å². The van der Waals surface area contributed by atoms with Crippen molar-refractivity contribution in [1.29, 1.82) is 0 Å². The van der Waals surface area contributed by atoms with Gasteiger partial charge in [-0.05, 0) is 113 Å². The van der Waals surface area contributed by atoms with Gasteiger partial charge >= 0.3 is 11.9 Å². The molecule has 5 N–H and O–H groups in total. The van der Waals surface area contributed by atoms with Gasteiger partial charge in [0.2, 0.25) is 23.6 Å². The first-order valence-electron chi connectivity index (χ1n) is 27.2. The molecule has 2 aliphatic heterocycles. The predicted octanol–water partition coefficient (Wildman–Crippen LogP) is 8.23. The molecule has 0 bridgehead atoms. The van der Waals surface area contributed by atoms with E-state index in [9.17, 15) is 48.3 Å². The number of phenols is 1. The Morgan fingerprint density at radius 1 is 0.937 bits per heavy atom. The fourth-order valence-corrected chi connectivity index (χ4v) is 11.7. The van der Waals surface area contributed by atoms with Crippen LogP contribution in [0.5, 0.6) is 5.75 Å². The molecule has 0 saturated carbocycles. The number of piperidine rings is 1. The van der Waals surface area contributed by atoms with Crippen LogP contribution in [-0.4, -0.2) is 129 Å². The zero-order valence-electron chi connectivity index (χ0n) is 47.7. The monoisotopic (exact) mass is 1150 g/mol. The molecule has 1 unspecified atom stereocenters. The highest BCUT2D eigenvalue weighted by molar-refractivity contribution is 8.18. The van der Waals surface area contributed by atoms with E-state index in [0.29, 0.717) is 22.1 Å². The average Bonchev–Trinajstić information content (AvgIpc) is 3.88. The van der Waals surface area contributed by atoms with Crippen LogP contribution in [0.1, 0.15) is 160 Å². The van der Waals surface area contributed by atoms with Crippen LogP contribution in [-0.2, 0) is 54.3 Å². The van der Waals surface area contributed by atoms with Crippen molar-refractivity contribution in [3.63, 3.8) is 0 Å². The first kappa shape index (κ1) is 65.9. The largest absolute Gasteiger partial charge is 0.506 e. The fourth-order valence-electron chi connectivity index (χ4n) is 9.44. The Kier molecular flexibility index (Phi) is 26.7. The molecule has 79 heavy (non-hydrogen) atoms. The van der Waals surface area contributed by atoms with Gasteiger partial charge in [-0.15, -0.1) is 34.9 Å². The molecular formula is C57H83N7O12S3. The van der Waals surface area contributed by atoms with Crippen LogP contribution >= 0.6 is 34.9 Å². The summed E-state index contributed by atoms with van der Waals surface area (Å²) in [4.78, 5) is 128. The molecule has 1 saturated heterocycles. The predicted molar refractivity (Wildman–Crippen MR) is 309 cm³/mol. The van der Waals surface area contributed by atoms with Gasteiger partial charge in [-0.1, -0.05) is 53.5 Å². The molecule has 19 nitrogen and oxygen atoms in total. The first-order chi connectivity index (χ1) is 37.3. The van der Waals surface area contributed by atoms with Crippen molar-refractivity contribution in [3.8, 4) is 5.75 Å². The number of carbonyl (C=O) groups is 9. The summed E-state index contributed by atoms with van der Waals surface area (Å²) in [7, 11) is 3.69. The third kappa shape index (κ3) is 22.1. The van der Waals surface area contributed by atoms with Gasteiger partial charge in [0.1, 0.15) is 22.1 Å². The van der Waals surface area contributed by atoms with Crippen molar-refractivity contribution in [2.24, 2.45) is 23.7 Å². The summed E-state index contributed by atoms with van der Waals surface area (Å²) in [6.07, 6.45) is 4.92. The number of aromatic nitrogens is 1. The number of phenolic OH excluding ortho intramolecular Hbond substituents is 1. The van der Waals surface area contributed by atoms with E-state index in [-0.39, 0.29) is 98.1 Å². The average molecular weight is 1150 g/mol. The molecular weight excluding hydrogens is 1070 g/mol. The van der Waals surface area contributed by atoms with Gasteiger partial charge in [0.05, 0.1) is 17.6 Å². The number of likely N-dealkylation sites (N-methyl/N-ethyl adjacent to an activating group) is 1. The van der Waals surface area contributed by atoms with Crippen molar-refractivity contribution in [2.45, 2.75) is 175 Å². The van der Waals surface area contributed by atoms with Crippen LogP contribution in [0, 0.1) is 23.7 Å². The Bertz CT molecular complexity index is 2480. The number of anilines is 1. The van der Waals surface area contributed by atoms with Gasteiger partial charge in [-0.3, -0.25) is 48.1 Å². The van der Waals surface area contributed by atoms with Crippen LogP contribution in [0.2, 0.25) is 0 Å². The summed E-state index contributed by atoms with van der Waals surface area (Å²) in [5.74, 6) is -5.27. The second kappa shape index (κ2) is 32.0. The van der Waals surface area contributed by atoms with Crippen LogP contribution < -0.4 is 21.3 Å². The maximum atomic E-state index is 14.5. The Labute approximate surface area is 478 Å². The van der Waals surface area contributed by atoms with Crippen LogP contribution in [0.25, 0.3) is 0 Å². The number of hydrogen-bond donors (Lipinski definition) is 5. The summed E-state index contributed by atoms with van der Waals surface area (Å²) in [6, 6.07) is 3.25. The smallest absolute Gasteiger partial charge is 0.309 e. The number of ether oxygens (including phenoxy) is 2. The highest BCUT2D eigenvalue weighted by Gasteiger charge is 2.38. The number of unbranched alkanes of at least 4 members (excludes halogenated alkanes) is 1. The van der Waals surface area contributed by atoms with E-state index in [1.165, 1.54) is 48.7 Å². The summed E-state index contributed by atoms with van der Waals surface area (Å²) in [5.41, 5.74) is -0.0444. The van der Waals surface area contributed by atoms with E-state index >= 15 is 0 Å². The first-order valence-corrected chi connectivity index (χ1v) is 30.2. The quantitative estimate of drug-likeness (QED) is 0.0337. The SMILES string of the molecule is CC[C@H](C)[C@H](CC(=O)[C@H]1CCCCN1C)C(=O)N(C)[C@H](C[C@@H](OC(C)=O)c1nc(C(=O)N[C@@H](Cc2ccc(O)c(NC(=O)CCCCC(=O)C3NC(=O)/C=C/SCS/C=C/C(=O)N3)c2)CC(C)C(=O)OC(C)(C)C)cs1)C(C)C. The second-order valence-corrected chi connectivity index (χ2v) is 25.0. The van der Waals surface area contributed by atoms with E-state index in [1.807, 2.05) is 34.7 Å². The van der Waals surface area contributed by atoms with Crippen molar-refractivity contribution < 1.29 is 57.7 Å². The minimum atomic E-state index is -1.26. The minimum Gasteiger partial charge on any atom is -0.506 e. The fraction of sp³-hybridized carbons (Fsp3) is 0.614. The molecule has 0 radical (unpaired) electrons. The number of ketones is 2. The molecule has 3 heterocycles. The molecule has 4 rings (SSSR count). The lowest BCUT2D eigenvalue weighted by atomic mass is 9.83. The number of rotatable bonds is 26. The number of Topliss-reactive ketones (excluding diaryl/α,β-unsaturated/α-hetero) is 2. The molecule has 1 aromatic carbocycles. The van der Waals surface area contributed by atoms with E-state index < -0.39 is 83.1 Å². The molecule has 0 aliphatic carbocycles. The lowest BCUT2D eigenvalue weighted by Crippen LogP contribution is -2.52. The lowest BCUT2D eigenvalue weighted by molar-refractivity contribution is -0.160. The summed E-state index contributed by atoms with van der Waals surface area (Å²) < 4.78 is 11.5.